The molecule has 140 valence electrons. The minimum absolute atomic E-state index is 0.305. The molecule has 2 N–H and O–H groups in total. The van der Waals surface area contributed by atoms with E-state index in [1.807, 2.05) is 26.1 Å². The van der Waals surface area contributed by atoms with E-state index >= 15 is 0 Å². The van der Waals surface area contributed by atoms with Crippen molar-refractivity contribution in [3.05, 3.63) is 46.3 Å². The maximum absolute atomic E-state index is 12.3. The fourth-order valence-corrected chi connectivity index (χ4v) is 4.38. The Hall–Kier alpha value is -1.93. The van der Waals surface area contributed by atoms with Gasteiger partial charge in [0.25, 0.3) is 0 Å². The van der Waals surface area contributed by atoms with E-state index in [0.717, 1.165) is 22.3 Å². The van der Waals surface area contributed by atoms with Gasteiger partial charge in [0.05, 0.1) is 21.9 Å². The van der Waals surface area contributed by atoms with Crippen molar-refractivity contribution in [1.82, 2.24) is 15.2 Å². The molecule has 3 rings (SSSR count). The van der Waals surface area contributed by atoms with Gasteiger partial charge in [-0.2, -0.15) is 5.10 Å². The third-order valence-corrected chi connectivity index (χ3v) is 7.18. The van der Waals surface area contributed by atoms with Gasteiger partial charge >= 0.3 is 0 Å². The van der Waals surface area contributed by atoms with E-state index in [2.05, 4.69) is 36.4 Å². The SMILES string of the molecule is CNc1ccnc2cc(Br)c(S(=O)(=O)C(C)C)cc12.Cc1cn[nH]c1C. The number of nitrogens with one attached hydrogen (secondary N) is 2. The second-order valence-electron chi connectivity index (χ2n) is 6.18. The summed E-state index contributed by atoms with van der Waals surface area (Å²) in [4.78, 5) is 4.56. The van der Waals surface area contributed by atoms with Crippen molar-refractivity contribution in [3.63, 3.8) is 0 Å². The third kappa shape index (κ3) is 4.24. The average Bonchev–Trinajstić information content (AvgIpc) is 2.97. The summed E-state index contributed by atoms with van der Waals surface area (Å²) in [5.41, 5.74) is 3.99. The van der Waals surface area contributed by atoms with Crippen LogP contribution in [0.2, 0.25) is 0 Å². The van der Waals surface area contributed by atoms with Crippen molar-refractivity contribution in [2.45, 2.75) is 37.8 Å². The molecule has 0 bridgehead atoms. The van der Waals surface area contributed by atoms with Gasteiger partial charge in [0.15, 0.2) is 9.84 Å². The van der Waals surface area contributed by atoms with Crippen LogP contribution in [0.5, 0.6) is 0 Å². The van der Waals surface area contributed by atoms with Gasteiger partial charge in [0.2, 0.25) is 0 Å². The van der Waals surface area contributed by atoms with Crippen LogP contribution in [0.15, 0.2) is 40.0 Å². The standard InChI is InChI=1S/C13H15BrN2O2S.C5H8N2/c1-8(2)19(17,18)13-6-9-11(15-3)4-5-16-12(9)7-10(13)14;1-4-3-6-7-5(4)2/h4-8H,1-3H3,(H,15,16);3H,1-2H3,(H,6,7). The fourth-order valence-electron chi connectivity index (χ4n) is 2.25. The van der Waals surface area contributed by atoms with Crippen molar-refractivity contribution in [3.8, 4) is 0 Å². The predicted octanol–water partition coefficient (Wildman–Crippen LogP) is 4.25. The van der Waals surface area contributed by atoms with Gasteiger partial charge in [0.1, 0.15) is 0 Å². The van der Waals surface area contributed by atoms with Crippen LogP contribution in [0.25, 0.3) is 10.9 Å². The molecule has 1 aromatic carbocycles. The minimum Gasteiger partial charge on any atom is -0.388 e. The molecule has 0 unspecified atom stereocenters. The lowest BCUT2D eigenvalue weighted by atomic mass is 10.2. The molecule has 0 fully saturated rings. The average molecular weight is 439 g/mol. The summed E-state index contributed by atoms with van der Waals surface area (Å²) in [7, 11) is -1.53. The molecule has 6 nitrogen and oxygen atoms in total. The quantitative estimate of drug-likeness (QED) is 0.637. The van der Waals surface area contributed by atoms with Gasteiger partial charge in [-0.15, -0.1) is 0 Å². The van der Waals surface area contributed by atoms with E-state index in [4.69, 9.17) is 0 Å². The van der Waals surface area contributed by atoms with Gasteiger partial charge in [-0.05, 0) is 67.4 Å². The number of sulfone groups is 1. The van der Waals surface area contributed by atoms with Gasteiger partial charge in [-0.1, -0.05) is 0 Å². The normalized spacial score (nSPS) is 11.3. The summed E-state index contributed by atoms with van der Waals surface area (Å²) >= 11 is 3.33. The van der Waals surface area contributed by atoms with Crippen molar-refractivity contribution in [2.75, 3.05) is 12.4 Å². The molecule has 0 saturated carbocycles. The second-order valence-corrected chi connectivity index (χ2v) is 9.51. The third-order valence-electron chi connectivity index (χ3n) is 4.07. The Morgan fingerprint density at radius 1 is 1.23 bits per heavy atom. The van der Waals surface area contributed by atoms with Crippen LogP contribution in [-0.4, -0.2) is 35.9 Å². The van der Waals surface area contributed by atoms with Gasteiger partial charge in [0, 0.05) is 34.5 Å². The molecule has 0 saturated heterocycles. The van der Waals surface area contributed by atoms with E-state index < -0.39 is 15.1 Å². The fraction of sp³-hybridized carbons (Fsp3) is 0.333. The highest BCUT2D eigenvalue weighted by Crippen LogP contribution is 2.32. The zero-order valence-electron chi connectivity index (χ0n) is 15.5. The first-order valence-electron chi connectivity index (χ1n) is 8.15. The lowest BCUT2D eigenvalue weighted by molar-refractivity contribution is 0.587. The summed E-state index contributed by atoms with van der Waals surface area (Å²) in [5.74, 6) is 0. The number of rotatable bonds is 3. The largest absolute Gasteiger partial charge is 0.388 e. The minimum atomic E-state index is -3.33. The second kappa shape index (κ2) is 8.18. The van der Waals surface area contributed by atoms with Crippen LogP contribution in [0.1, 0.15) is 25.1 Å². The lowest BCUT2D eigenvalue weighted by Gasteiger charge is -2.12. The van der Waals surface area contributed by atoms with Crippen molar-refractivity contribution < 1.29 is 8.42 Å². The van der Waals surface area contributed by atoms with Crippen LogP contribution < -0.4 is 5.32 Å². The lowest BCUT2D eigenvalue weighted by Crippen LogP contribution is -2.14. The Kier molecular flexibility index (Phi) is 6.41. The summed E-state index contributed by atoms with van der Waals surface area (Å²) in [6.07, 6.45) is 3.51. The summed E-state index contributed by atoms with van der Waals surface area (Å²) in [6.45, 7) is 7.38. The van der Waals surface area contributed by atoms with Crippen LogP contribution in [0.4, 0.5) is 5.69 Å². The molecular weight excluding hydrogens is 416 g/mol. The van der Waals surface area contributed by atoms with E-state index in [9.17, 15) is 8.42 Å². The number of aromatic nitrogens is 3. The van der Waals surface area contributed by atoms with E-state index in [1.54, 1.807) is 39.2 Å². The summed E-state index contributed by atoms with van der Waals surface area (Å²) < 4.78 is 25.2. The number of hydrogen-bond acceptors (Lipinski definition) is 5. The number of hydrogen-bond donors (Lipinski definition) is 2. The molecule has 0 aliphatic rings. The highest BCUT2D eigenvalue weighted by atomic mass is 79.9. The Bertz CT molecular complexity index is 997. The van der Waals surface area contributed by atoms with E-state index in [-0.39, 0.29) is 0 Å². The number of H-pyrrole nitrogens is 1. The van der Waals surface area contributed by atoms with Crippen LogP contribution >= 0.6 is 15.9 Å². The monoisotopic (exact) mass is 438 g/mol. The van der Waals surface area contributed by atoms with E-state index in [1.165, 1.54) is 5.56 Å². The number of halogens is 1. The molecular formula is C18H23BrN4O2S. The van der Waals surface area contributed by atoms with Crippen LogP contribution in [-0.2, 0) is 9.84 Å². The maximum atomic E-state index is 12.3. The molecule has 0 spiro atoms. The Morgan fingerprint density at radius 2 is 1.92 bits per heavy atom. The number of pyridine rings is 1. The molecule has 0 amide bonds. The first-order chi connectivity index (χ1) is 12.2. The molecule has 0 aliphatic carbocycles. The molecule has 0 atom stereocenters. The van der Waals surface area contributed by atoms with Gasteiger partial charge in [-0.25, -0.2) is 8.42 Å². The molecule has 3 aromatic rings. The zero-order chi connectivity index (χ0) is 19.5. The number of fused-ring (bicyclic) bond motifs is 1. The molecule has 0 aliphatic heterocycles. The van der Waals surface area contributed by atoms with E-state index in [0.29, 0.717) is 9.37 Å². The molecule has 8 heteroatoms. The number of anilines is 1. The number of nitrogens with zero attached hydrogens (tertiary/aromatic N) is 2. The molecule has 2 aromatic heterocycles. The van der Waals surface area contributed by atoms with Crippen LogP contribution in [0, 0.1) is 13.8 Å². The molecule has 26 heavy (non-hydrogen) atoms. The smallest absolute Gasteiger partial charge is 0.181 e. The maximum Gasteiger partial charge on any atom is 0.181 e. The summed E-state index contributed by atoms with van der Waals surface area (Å²) in [5, 5.41) is 10.00. The predicted molar refractivity (Wildman–Crippen MR) is 109 cm³/mol. The van der Waals surface area contributed by atoms with Crippen LogP contribution in [0.3, 0.4) is 0 Å². The number of benzene rings is 1. The van der Waals surface area contributed by atoms with Crippen molar-refractivity contribution >= 4 is 42.4 Å². The first kappa shape index (κ1) is 20.4. The first-order valence-corrected chi connectivity index (χ1v) is 10.5. The Morgan fingerprint density at radius 3 is 2.38 bits per heavy atom. The highest BCUT2D eigenvalue weighted by molar-refractivity contribution is 9.10. The highest BCUT2D eigenvalue weighted by Gasteiger charge is 2.23. The van der Waals surface area contributed by atoms with Gasteiger partial charge < -0.3 is 5.32 Å². The summed E-state index contributed by atoms with van der Waals surface area (Å²) in [6, 6.07) is 5.24. The van der Waals surface area contributed by atoms with Gasteiger partial charge in [-0.3, -0.25) is 10.1 Å². The number of aromatic amines is 1. The zero-order valence-corrected chi connectivity index (χ0v) is 17.9. The topological polar surface area (TPSA) is 87.7 Å². The van der Waals surface area contributed by atoms with Crippen molar-refractivity contribution in [1.29, 1.82) is 0 Å². The number of aryl methyl sites for hydroxylation is 2. The Labute approximate surface area is 162 Å². The molecule has 2 heterocycles. The van der Waals surface area contributed by atoms with Crippen molar-refractivity contribution in [2.24, 2.45) is 0 Å². The molecule has 0 radical (unpaired) electrons. The Balaban J connectivity index is 0.000000290.